The van der Waals surface area contributed by atoms with E-state index in [0.29, 0.717) is 30.2 Å². The summed E-state index contributed by atoms with van der Waals surface area (Å²) in [6.07, 6.45) is 1.79. The smallest absolute Gasteiger partial charge is 0.243 e. The molecule has 2 aliphatic rings. The van der Waals surface area contributed by atoms with Gasteiger partial charge in [-0.1, -0.05) is 48.5 Å². The fourth-order valence-electron chi connectivity index (χ4n) is 6.25. The van der Waals surface area contributed by atoms with Crippen molar-refractivity contribution in [1.29, 1.82) is 0 Å². The molecule has 3 atom stereocenters. The quantitative estimate of drug-likeness (QED) is 0.407. The summed E-state index contributed by atoms with van der Waals surface area (Å²) < 4.78 is 48.8. The van der Waals surface area contributed by atoms with Crippen molar-refractivity contribution in [3.05, 3.63) is 88.7 Å². The third-order valence-electron chi connectivity index (χ3n) is 8.52. The zero-order valence-corrected chi connectivity index (χ0v) is 23.5. The Morgan fingerprint density at radius 2 is 1.63 bits per heavy atom. The maximum atomic E-state index is 14.0. The summed E-state index contributed by atoms with van der Waals surface area (Å²) in [7, 11) is -1.87. The van der Waals surface area contributed by atoms with Crippen molar-refractivity contribution in [3.63, 3.8) is 0 Å². The lowest BCUT2D eigenvalue weighted by Gasteiger charge is -2.57. The van der Waals surface area contributed by atoms with E-state index in [2.05, 4.69) is 29.2 Å². The third-order valence-corrected chi connectivity index (χ3v) is 10.5. The fraction of sp³-hybridized carbons (Fsp3) is 0.419. The number of benzene rings is 3. The molecule has 5 nitrogen and oxygen atoms in total. The van der Waals surface area contributed by atoms with Gasteiger partial charge in [-0.2, -0.15) is 4.31 Å². The van der Waals surface area contributed by atoms with Crippen molar-refractivity contribution >= 4 is 10.0 Å². The van der Waals surface area contributed by atoms with Gasteiger partial charge in [0.25, 0.3) is 0 Å². The van der Waals surface area contributed by atoms with E-state index in [-0.39, 0.29) is 23.8 Å². The number of hydrogen-bond donors (Lipinski definition) is 0. The molecule has 2 heterocycles. The van der Waals surface area contributed by atoms with Gasteiger partial charge in [-0.05, 0) is 85.7 Å². The molecular formula is C31H37FN2O3S. The number of rotatable bonds is 6. The summed E-state index contributed by atoms with van der Waals surface area (Å²) in [6.45, 7) is 8.16. The van der Waals surface area contributed by atoms with Crippen LogP contribution >= 0.6 is 0 Å². The Morgan fingerprint density at radius 1 is 0.921 bits per heavy atom. The molecular weight excluding hydrogens is 499 g/mol. The molecule has 0 amide bonds. The molecule has 2 aliphatic heterocycles. The largest absolute Gasteiger partial charge is 0.383 e. The zero-order chi connectivity index (χ0) is 27.0. The Bertz CT molecular complexity index is 1410. The number of nitrogens with zero attached hydrogens (tertiary/aromatic N) is 2. The van der Waals surface area contributed by atoms with E-state index in [1.165, 1.54) is 11.6 Å². The van der Waals surface area contributed by atoms with Crippen LogP contribution in [0.1, 0.15) is 41.0 Å². The molecule has 0 saturated carbocycles. The monoisotopic (exact) mass is 536 g/mol. The number of hydrogen-bond acceptors (Lipinski definition) is 4. The molecule has 2 fully saturated rings. The van der Waals surface area contributed by atoms with Gasteiger partial charge in [0.2, 0.25) is 10.0 Å². The lowest BCUT2D eigenvalue weighted by Crippen LogP contribution is -2.68. The SMILES string of the molecule is COC[C@@H]1[C@@H](c2ccc(-c3ccc(F)c(C)c3C)cc2)[C@@H]2CN(S(=O)(=O)c3ccccc3C)CCCCN12. The highest BCUT2D eigenvalue weighted by molar-refractivity contribution is 7.89. The molecule has 38 heavy (non-hydrogen) atoms. The Hall–Kier alpha value is -2.58. The normalized spacial score (nSPS) is 22.8. The van der Waals surface area contributed by atoms with Gasteiger partial charge in [0.15, 0.2) is 0 Å². The van der Waals surface area contributed by atoms with Gasteiger partial charge in [-0.15, -0.1) is 0 Å². The first-order chi connectivity index (χ1) is 18.2. The highest BCUT2D eigenvalue weighted by atomic mass is 32.2. The lowest BCUT2D eigenvalue weighted by atomic mass is 9.74. The molecule has 0 unspecified atom stereocenters. The van der Waals surface area contributed by atoms with E-state index in [9.17, 15) is 12.8 Å². The number of ether oxygens (including phenoxy) is 1. The Labute approximate surface area is 226 Å². The van der Waals surface area contributed by atoms with Gasteiger partial charge < -0.3 is 4.74 Å². The van der Waals surface area contributed by atoms with Gasteiger partial charge in [-0.3, -0.25) is 4.90 Å². The Kier molecular flexibility index (Phi) is 7.74. The van der Waals surface area contributed by atoms with Crippen LogP contribution in [0.4, 0.5) is 4.39 Å². The average molecular weight is 537 g/mol. The molecule has 7 heteroatoms. The van der Waals surface area contributed by atoms with E-state index in [4.69, 9.17) is 4.74 Å². The van der Waals surface area contributed by atoms with E-state index in [1.807, 2.05) is 39.0 Å². The summed E-state index contributed by atoms with van der Waals surface area (Å²) in [5.41, 5.74) is 5.65. The van der Waals surface area contributed by atoms with Crippen molar-refractivity contribution in [1.82, 2.24) is 9.21 Å². The minimum atomic E-state index is -3.60. The zero-order valence-electron chi connectivity index (χ0n) is 22.7. The average Bonchev–Trinajstić information content (AvgIpc) is 2.89. The topological polar surface area (TPSA) is 49.9 Å². The highest BCUT2D eigenvalue weighted by Gasteiger charge is 2.50. The van der Waals surface area contributed by atoms with Crippen molar-refractivity contribution in [2.45, 2.75) is 56.5 Å². The van der Waals surface area contributed by atoms with Crippen molar-refractivity contribution in [2.24, 2.45) is 0 Å². The van der Waals surface area contributed by atoms with Crippen LogP contribution in [-0.2, 0) is 14.8 Å². The third kappa shape index (κ3) is 4.81. The molecule has 0 bridgehead atoms. The second kappa shape index (κ2) is 10.9. The van der Waals surface area contributed by atoms with Crippen molar-refractivity contribution in [3.8, 4) is 11.1 Å². The maximum Gasteiger partial charge on any atom is 0.243 e. The van der Waals surface area contributed by atoms with Gasteiger partial charge in [0, 0.05) is 38.2 Å². The van der Waals surface area contributed by atoms with E-state index >= 15 is 0 Å². The maximum absolute atomic E-state index is 14.0. The number of sulfonamides is 1. The first-order valence-electron chi connectivity index (χ1n) is 13.4. The molecule has 5 rings (SSSR count). The summed E-state index contributed by atoms with van der Waals surface area (Å²) in [4.78, 5) is 2.83. The first kappa shape index (κ1) is 27.0. The highest BCUT2D eigenvalue weighted by Crippen LogP contribution is 2.43. The summed E-state index contributed by atoms with van der Waals surface area (Å²) in [6, 6.07) is 19.4. The minimum Gasteiger partial charge on any atom is -0.383 e. The van der Waals surface area contributed by atoms with Gasteiger partial charge in [0.05, 0.1) is 11.5 Å². The number of halogens is 1. The molecule has 0 N–H and O–H groups in total. The van der Waals surface area contributed by atoms with Crippen LogP contribution in [0, 0.1) is 26.6 Å². The summed E-state index contributed by atoms with van der Waals surface area (Å²) >= 11 is 0. The predicted octanol–water partition coefficient (Wildman–Crippen LogP) is 5.69. The summed E-state index contributed by atoms with van der Waals surface area (Å²) in [5.74, 6) is -0.0259. The van der Waals surface area contributed by atoms with Crippen LogP contribution in [0.2, 0.25) is 0 Å². The fourth-order valence-corrected chi connectivity index (χ4v) is 7.97. The van der Waals surface area contributed by atoms with Crippen LogP contribution in [0.25, 0.3) is 11.1 Å². The standard InChI is InChI=1S/C31H37FN2O3S/c1-21-9-5-6-10-30(21)38(35,36)33-17-7-8-18-34-28(19-33)31(29(34)20-37-4)25-13-11-24(12-14-25)26-15-16-27(32)23(3)22(26)2/h5-6,9-16,28-29,31H,7-8,17-20H2,1-4H3/t28-,29+,31-/m0/s1. The molecule has 0 radical (unpaired) electrons. The van der Waals surface area contributed by atoms with Crippen molar-refractivity contribution in [2.75, 3.05) is 33.4 Å². The second-order valence-corrected chi connectivity index (χ2v) is 12.6. The van der Waals surface area contributed by atoms with Crippen LogP contribution in [0.3, 0.4) is 0 Å². The minimum absolute atomic E-state index is 0.0786. The van der Waals surface area contributed by atoms with Crippen molar-refractivity contribution < 1.29 is 17.5 Å². The van der Waals surface area contributed by atoms with E-state index in [0.717, 1.165) is 41.6 Å². The second-order valence-electron chi connectivity index (χ2n) is 10.7. The molecule has 202 valence electrons. The predicted molar refractivity (Wildman–Crippen MR) is 149 cm³/mol. The van der Waals surface area contributed by atoms with Crippen LogP contribution in [0.5, 0.6) is 0 Å². The van der Waals surface area contributed by atoms with E-state index in [1.54, 1.807) is 23.5 Å². The molecule has 0 spiro atoms. The van der Waals surface area contributed by atoms with E-state index < -0.39 is 10.0 Å². The van der Waals surface area contributed by atoms with Gasteiger partial charge >= 0.3 is 0 Å². The van der Waals surface area contributed by atoms with Crippen LogP contribution in [-0.4, -0.2) is 63.1 Å². The Balaban J connectivity index is 1.46. The van der Waals surface area contributed by atoms with Gasteiger partial charge in [-0.25, -0.2) is 12.8 Å². The lowest BCUT2D eigenvalue weighted by molar-refractivity contribution is -0.0635. The molecule has 3 aromatic rings. The number of methoxy groups -OCH3 is 1. The molecule has 2 saturated heterocycles. The summed E-state index contributed by atoms with van der Waals surface area (Å²) in [5, 5.41) is 0. The number of aryl methyl sites for hydroxylation is 1. The molecule has 0 aliphatic carbocycles. The van der Waals surface area contributed by atoms with Crippen LogP contribution < -0.4 is 0 Å². The molecule has 0 aromatic heterocycles. The van der Waals surface area contributed by atoms with Gasteiger partial charge in [0.1, 0.15) is 5.82 Å². The first-order valence-corrected chi connectivity index (χ1v) is 14.8. The Morgan fingerprint density at radius 3 is 2.34 bits per heavy atom. The van der Waals surface area contributed by atoms with Crippen LogP contribution in [0.15, 0.2) is 65.6 Å². The molecule has 3 aromatic carbocycles. The number of fused-ring (bicyclic) bond motifs is 1.